The standard InChI is InChI=1S/C21H17BrFN3O4S/c1-11-3-6-16-15(7-11)26(10-18(29)30)21(31-16)19(23)20-24(2)13-5-4-12(22)8-14(13)25(20)9-17(27)28/h3-8H,9-10H2,1-2H3,(H-,27,28,29,30)/p+1. The average molecular weight is 507 g/mol. The molecule has 10 heteroatoms. The van der Waals surface area contributed by atoms with Gasteiger partial charge in [-0.15, -0.1) is 0 Å². The van der Waals surface area contributed by atoms with Gasteiger partial charge in [-0.1, -0.05) is 33.8 Å². The van der Waals surface area contributed by atoms with E-state index >= 15 is 4.39 Å². The van der Waals surface area contributed by atoms with Gasteiger partial charge in [0.05, 0.1) is 12.7 Å². The first-order valence-electron chi connectivity index (χ1n) is 9.25. The molecule has 0 aliphatic carbocycles. The van der Waals surface area contributed by atoms with Crippen LogP contribution in [-0.2, 0) is 23.2 Å². The van der Waals surface area contributed by atoms with Crippen LogP contribution in [0.25, 0.3) is 16.9 Å². The third kappa shape index (κ3) is 3.81. The van der Waals surface area contributed by atoms with Crippen molar-refractivity contribution in [1.82, 2.24) is 4.57 Å². The zero-order chi connectivity index (χ0) is 22.4. The molecule has 0 spiro atoms. The van der Waals surface area contributed by atoms with E-state index in [1.54, 1.807) is 29.8 Å². The van der Waals surface area contributed by atoms with E-state index in [1.807, 2.05) is 25.1 Å². The Kier molecular flexibility index (Phi) is 5.52. The number of imidazole rings is 1. The smallest absolute Gasteiger partial charge is 0.346 e. The van der Waals surface area contributed by atoms with E-state index in [0.29, 0.717) is 16.7 Å². The number of rotatable bonds is 5. The van der Waals surface area contributed by atoms with Gasteiger partial charge < -0.3 is 15.1 Å². The molecule has 7 nitrogen and oxygen atoms in total. The summed E-state index contributed by atoms with van der Waals surface area (Å²) in [5.74, 6) is -2.84. The van der Waals surface area contributed by atoms with Crippen LogP contribution >= 0.6 is 27.7 Å². The Bertz CT molecular complexity index is 1290. The lowest BCUT2D eigenvalue weighted by atomic mass is 10.2. The van der Waals surface area contributed by atoms with Gasteiger partial charge in [-0.3, -0.25) is 4.79 Å². The first-order chi connectivity index (χ1) is 14.7. The highest BCUT2D eigenvalue weighted by atomic mass is 79.9. The fourth-order valence-corrected chi connectivity index (χ4v) is 5.13. The van der Waals surface area contributed by atoms with Gasteiger partial charge in [0.1, 0.15) is 11.6 Å². The summed E-state index contributed by atoms with van der Waals surface area (Å²) >= 11 is 4.51. The maximum atomic E-state index is 16.1. The molecule has 0 fully saturated rings. The summed E-state index contributed by atoms with van der Waals surface area (Å²) in [4.78, 5) is 25.2. The Balaban J connectivity index is 1.97. The Morgan fingerprint density at radius 3 is 2.52 bits per heavy atom. The van der Waals surface area contributed by atoms with Crippen LogP contribution in [-0.4, -0.2) is 33.3 Å². The molecule has 0 atom stereocenters. The Morgan fingerprint density at radius 2 is 1.84 bits per heavy atom. The van der Waals surface area contributed by atoms with Crippen LogP contribution in [0.3, 0.4) is 0 Å². The molecule has 2 aromatic carbocycles. The largest absolute Gasteiger partial charge is 0.480 e. The van der Waals surface area contributed by atoms with Gasteiger partial charge in [-0.05, 0) is 36.8 Å². The van der Waals surface area contributed by atoms with Crippen LogP contribution in [0, 0.1) is 6.92 Å². The van der Waals surface area contributed by atoms with Crippen LogP contribution in [0.2, 0.25) is 0 Å². The molecule has 0 unspecified atom stereocenters. The maximum absolute atomic E-state index is 16.1. The highest BCUT2D eigenvalue weighted by molar-refractivity contribution is 9.10. The monoisotopic (exact) mass is 506 g/mol. The molecule has 1 aromatic heterocycles. The number of fused-ring (bicyclic) bond motifs is 2. The fraction of sp³-hybridized carbons (Fsp3) is 0.190. The summed E-state index contributed by atoms with van der Waals surface area (Å²) in [6, 6.07) is 10.8. The van der Waals surface area contributed by atoms with Gasteiger partial charge in [-0.2, -0.15) is 4.39 Å². The van der Waals surface area contributed by atoms with Crippen molar-refractivity contribution >= 4 is 62.2 Å². The van der Waals surface area contributed by atoms with Crippen LogP contribution in [0.5, 0.6) is 0 Å². The minimum absolute atomic E-state index is 0.0536. The van der Waals surface area contributed by atoms with Crippen molar-refractivity contribution in [3.63, 3.8) is 0 Å². The maximum Gasteiger partial charge on any atom is 0.346 e. The number of thioether (sulfide) groups is 1. The van der Waals surface area contributed by atoms with Crippen molar-refractivity contribution in [1.29, 1.82) is 0 Å². The summed E-state index contributed by atoms with van der Waals surface area (Å²) in [5.41, 5.74) is 2.73. The zero-order valence-corrected chi connectivity index (χ0v) is 19.0. The van der Waals surface area contributed by atoms with Gasteiger partial charge >= 0.3 is 17.8 Å². The Labute approximate surface area is 189 Å². The van der Waals surface area contributed by atoms with E-state index in [-0.39, 0.29) is 10.9 Å². The summed E-state index contributed by atoms with van der Waals surface area (Å²) in [7, 11) is 1.66. The summed E-state index contributed by atoms with van der Waals surface area (Å²) in [5, 5.41) is 19.0. The number of nitrogens with zero attached hydrogens (tertiary/aromatic N) is 3. The lowest BCUT2D eigenvalue weighted by Crippen LogP contribution is -2.34. The van der Waals surface area contributed by atoms with E-state index in [2.05, 4.69) is 15.9 Å². The van der Waals surface area contributed by atoms with Crippen LogP contribution < -0.4 is 9.47 Å². The molecule has 4 rings (SSSR count). The van der Waals surface area contributed by atoms with Crippen LogP contribution in [0.4, 0.5) is 10.1 Å². The molecule has 1 aliphatic heterocycles. The number of hydrogen-bond acceptors (Lipinski definition) is 4. The predicted molar refractivity (Wildman–Crippen MR) is 118 cm³/mol. The number of aromatic nitrogens is 2. The molecular formula is C21H18BrFN3O4S+. The van der Waals surface area contributed by atoms with Gasteiger partial charge in [0.2, 0.25) is 5.83 Å². The molecular weight excluding hydrogens is 489 g/mol. The van der Waals surface area contributed by atoms with E-state index < -0.39 is 30.9 Å². The summed E-state index contributed by atoms with van der Waals surface area (Å²) in [6.07, 6.45) is 0. The number of aryl methyl sites for hydroxylation is 2. The second kappa shape index (κ2) is 8.01. The third-order valence-electron chi connectivity index (χ3n) is 4.99. The predicted octanol–water partition coefficient (Wildman–Crippen LogP) is 3.91. The van der Waals surface area contributed by atoms with Crippen molar-refractivity contribution in [3.05, 3.63) is 57.3 Å². The molecule has 2 heterocycles. The minimum atomic E-state index is -1.11. The van der Waals surface area contributed by atoms with Crippen molar-refractivity contribution in [2.24, 2.45) is 7.05 Å². The second-order valence-corrected chi connectivity index (χ2v) is 9.11. The molecule has 0 bridgehead atoms. The number of halogens is 2. The van der Waals surface area contributed by atoms with Crippen molar-refractivity contribution in [2.45, 2.75) is 18.4 Å². The number of carbonyl (C=O) groups is 2. The van der Waals surface area contributed by atoms with Gasteiger partial charge in [0, 0.05) is 15.4 Å². The first kappa shape index (κ1) is 21.4. The quantitative estimate of drug-likeness (QED) is 0.510. The van der Waals surface area contributed by atoms with Crippen LogP contribution in [0.1, 0.15) is 11.4 Å². The number of hydrogen-bond donors (Lipinski definition) is 2. The summed E-state index contributed by atoms with van der Waals surface area (Å²) < 4.78 is 19.8. The lowest BCUT2D eigenvalue weighted by Gasteiger charge is -2.18. The molecule has 0 radical (unpaired) electrons. The Hall–Kier alpha value is -2.85. The molecule has 0 saturated heterocycles. The Morgan fingerprint density at radius 1 is 1.13 bits per heavy atom. The topological polar surface area (TPSA) is 86.7 Å². The highest BCUT2D eigenvalue weighted by Crippen LogP contribution is 2.49. The third-order valence-corrected chi connectivity index (χ3v) is 6.64. The number of carboxylic acid groups (broad SMARTS) is 2. The molecule has 31 heavy (non-hydrogen) atoms. The van der Waals surface area contributed by atoms with E-state index in [9.17, 15) is 19.8 Å². The van der Waals surface area contributed by atoms with E-state index in [1.165, 1.54) is 9.47 Å². The zero-order valence-electron chi connectivity index (χ0n) is 16.6. The van der Waals surface area contributed by atoms with Gasteiger partial charge in [0.15, 0.2) is 17.6 Å². The summed E-state index contributed by atoms with van der Waals surface area (Å²) in [6.45, 7) is 1.02. The number of benzene rings is 2. The van der Waals surface area contributed by atoms with E-state index in [4.69, 9.17) is 0 Å². The average Bonchev–Trinajstić information content (AvgIpc) is 3.16. The van der Waals surface area contributed by atoms with Crippen molar-refractivity contribution in [2.75, 3.05) is 11.4 Å². The molecule has 2 N–H and O–H groups in total. The molecule has 160 valence electrons. The van der Waals surface area contributed by atoms with E-state index in [0.717, 1.165) is 26.7 Å². The number of aliphatic carboxylic acids is 2. The minimum Gasteiger partial charge on any atom is -0.480 e. The number of carboxylic acids is 2. The SMILES string of the molecule is Cc1ccc2c(c1)N(CC(=O)O)C(=C(F)c1n(CC(=O)O)c3cc(Br)ccc3[n+]1C)S2. The number of anilines is 1. The second-order valence-electron chi connectivity index (χ2n) is 7.17. The lowest BCUT2D eigenvalue weighted by molar-refractivity contribution is -0.648. The van der Waals surface area contributed by atoms with Crippen molar-refractivity contribution < 1.29 is 28.8 Å². The molecule has 0 saturated carbocycles. The molecule has 3 aromatic rings. The normalized spacial score (nSPS) is 14.8. The highest BCUT2D eigenvalue weighted by Gasteiger charge is 2.36. The molecule has 0 amide bonds. The van der Waals surface area contributed by atoms with Crippen molar-refractivity contribution in [3.8, 4) is 0 Å². The fourth-order valence-electron chi connectivity index (χ4n) is 3.71. The van der Waals surface area contributed by atoms with Crippen LogP contribution in [0.15, 0.2) is 50.8 Å². The van der Waals surface area contributed by atoms with Gasteiger partial charge in [0.25, 0.3) is 0 Å². The van der Waals surface area contributed by atoms with Gasteiger partial charge in [-0.25, -0.2) is 13.9 Å². The first-order valence-corrected chi connectivity index (χ1v) is 10.9. The molecule has 1 aliphatic rings.